The molecule has 0 aliphatic heterocycles. The van der Waals surface area contributed by atoms with Crippen molar-refractivity contribution < 1.29 is 13.6 Å². The number of rotatable bonds is 3. The van der Waals surface area contributed by atoms with Gasteiger partial charge in [0.25, 0.3) is 0 Å². The van der Waals surface area contributed by atoms with E-state index >= 15 is 0 Å². The number of isocyanates is 1. The van der Waals surface area contributed by atoms with Gasteiger partial charge in [-0.05, 0) is 36.5 Å². The number of nitrogens with zero attached hydrogens (tertiary/aromatic N) is 1. The van der Waals surface area contributed by atoms with Crippen LogP contribution in [0.2, 0.25) is 0 Å². The lowest BCUT2D eigenvalue weighted by Crippen LogP contribution is -2.22. The Labute approximate surface area is 111 Å². The first-order valence-corrected chi connectivity index (χ1v) is 6.58. The zero-order chi connectivity index (χ0) is 14.0. The quantitative estimate of drug-likeness (QED) is 0.595. The Kier molecular flexibility index (Phi) is 3.81. The number of benzene rings is 1. The van der Waals surface area contributed by atoms with Crippen LogP contribution in [0.25, 0.3) is 0 Å². The summed E-state index contributed by atoms with van der Waals surface area (Å²) in [5, 5.41) is 0. The van der Waals surface area contributed by atoms with Gasteiger partial charge in [0.15, 0.2) is 11.6 Å². The van der Waals surface area contributed by atoms with Gasteiger partial charge < -0.3 is 0 Å². The minimum atomic E-state index is -0.919. The molecule has 2 nitrogen and oxygen atoms in total. The predicted molar refractivity (Wildman–Crippen MR) is 68.7 cm³/mol. The molecule has 0 aromatic heterocycles. The van der Waals surface area contributed by atoms with E-state index in [0.717, 1.165) is 18.4 Å². The summed E-state index contributed by atoms with van der Waals surface area (Å²) < 4.78 is 27.8. The van der Waals surface area contributed by atoms with Crippen LogP contribution in [0.15, 0.2) is 17.1 Å². The summed E-state index contributed by atoms with van der Waals surface area (Å²) in [6.07, 6.45) is 4.39. The van der Waals surface area contributed by atoms with Gasteiger partial charge in [-0.25, -0.2) is 13.6 Å². The van der Waals surface area contributed by atoms with Crippen LogP contribution in [0, 0.1) is 11.6 Å². The van der Waals surface area contributed by atoms with Crippen LogP contribution in [-0.2, 0) is 10.3 Å². The van der Waals surface area contributed by atoms with Gasteiger partial charge in [-0.2, -0.15) is 4.99 Å². The molecular formula is C15H17F2NO. The summed E-state index contributed by atoms with van der Waals surface area (Å²) in [5.41, 5.74) is 0.00993. The summed E-state index contributed by atoms with van der Waals surface area (Å²) in [6.45, 7) is 3.83. The fourth-order valence-electron chi connectivity index (χ4n) is 2.77. The van der Waals surface area contributed by atoms with E-state index in [2.05, 4.69) is 4.99 Å². The summed E-state index contributed by atoms with van der Waals surface area (Å²) in [7, 11) is 0. The molecule has 1 saturated carbocycles. The van der Waals surface area contributed by atoms with Crippen molar-refractivity contribution in [2.75, 3.05) is 0 Å². The fraction of sp³-hybridized carbons (Fsp3) is 0.533. The second kappa shape index (κ2) is 5.22. The molecule has 1 aliphatic rings. The van der Waals surface area contributed by atoms with Crippen molar-refractivity contribution in [2.24, 2.45) is 4.99 Å². The maximum atomic E-state index is 14.1. The third-order valence-electron chi connectivity index (χ3n) is 3.91. The number of halogens is 2. The highest BCUT2D eigenvalue weighted by molar-refractivity contribution is 5.41. The van der Waals surface area contributed by atoms with Crippen molar-refractivity contribution in [1.29, 1.82) is 0 Å². The first-order chi connectivity index (χ1) is 9.00. The van der Waals surface area contributed by atoms with Crippen LogP contribution in [0.4, 0.5) is 8.78 Å². The average molecular weight is 265 g/mol. The molecule has 1 aliphatic carbocycles. The molecule has 1 fully saturated rings. The van der Waals surface area contributed by atoms with Crippen LogP contribution in [0.3, 0.4) is 0 Å². The molecule has 19 heavy (non-hydrogen) atoms. The van der Waals surface area contributed by atoms with Crippen LogP contribution >= 0.6 is 0 Å². The molecule has 0 radical (unpaired) electrons. The number of aliphatic imine (C=N–C) groups is 1. The van der Waals surface area contributed by atoms with Gasteiger partial charge in [-0.1, -0.05) is 26.7 Å². The SMILES string of the molecule is CC(C)c1cc(F)c(F)c(C2(N=C=O)CCCC2)c1. The molecule has 0 heterocycles. The van der Waals surface area contributed by atoms with E-state index in [4.69, 9.17) is 0 Å². The lowest BCUT2D eigenvalue weighted by molar-refractivity contribution is 0.410. The molecule has 0 spiro atoms. The highest BCUT2D eigenvalue weighted by Gasteiger charge is 2.39. The van der Waals surface area contributed by atoms with Gasteiger partial charge in [0.05, 0.1) is 0 Å². The second-order valence-electron chi connectivity index (χ2n) is 5.46. The lowest BCUT2D eigenvalue weighted by Gasteiger charge is -2.24. The molecule has 0 saturated heterocycles. The Balaban J connectivity index is 2.62. The Morgan fingerprint density at radius 1 is 1.26 bits per heavy atom. The minimum absolute atomic E-state index is 0.0903. The number of carbonyl (C=O) groups excluding carboxylic acids is 1. The lowest BCUT2D eigenvalue weighted by atomic mass is 9.86. The Hall–Kier alpha value is -1.54. The number of hydrogen-bond donors (Lipinski definition) is 0. The van der Waals surface area contributed by atoms with Crippen molar-refractivity contribution in [2.45, 2.75) is 51.0 Å². The summed E-state index contributed by atoms with van der Waals surface area (Å²) in [6, 6.07) is 2.87. The summed E-state index contributed by atoms with van der Waals surface area (Å²) >= 11 is 0. The van der Waals surface area contributed by atoms with Crippen molar-refractivity contribution >= 4 is 6.08 Å². The van der Waals surface area contributed by atoms with Crippen molar-refractivity contribution in [1.82, 2.24) is 0 Å². The second-order valence-corrected chi connectivity index (χ2v) is 5.46. The van der Waals surface area contributed by atoms with Gasteiger partial charge in [0.1, 0.15) is 5.54 Å². The van der Waals surface area contributed by atoms with Crippen molar-refractivity contribution in [3.63, 3.8) is 0 Å². The zero-order valence-corrected chi connectivity index (χ0v) is 11.2. The van der Waals surface area contributed by atoms with E-state index in [0.29, 0.717) is 12.8 Å². The molecule has 2 rings (SSSR count). The normalized spacial score (nSPS) is 17.5. The Morgan fingerprint density at radius 2 is 1.89 bits per heavy atom. The first-order valence-electron chi connectivity index (χ1n) is 6.58. The highest BCUT2D eigenvalue weighted by Crippen LogP contribution is 2.44. The van der Waals surface area contributed by atoms with E-state index in [-0.39, 0.29) is 11.5 Å². The Bertz CT molecular complexity index is 527. The van der Waals surface area contributed by atoms with E-state index in [9.17, 15) is 13.6 Å². The van der Waals surface area contributed by atoms with Crippen molar-refractivity contribution in [3.8, 4) is 0 Å². The molecule has 0 bridgehead atoms. The molecule has 0 amide bonds. The monoisotopic (exact) mass is 265 g/mol. The van der Waals surface area contributed by atoms with Crippen LogP contribution in [-0.4, -0.2) is 6.08 Å². The van der Waals surface area contributed by atoms with Gasteiger partial charge in [0, 0.05) is 5.56 Å². The van der Waals surface area contributed by atoms with E-state index < -0.39 is 17.2 Å². The average Bonchev–Trinajstić information content (AvgIpc) is 2.82. The maximum absolute atomic E-state index is 14.1. The highest BCUT2D eigenvalue weighted by atomic mass is 19.2. The third-order valence-corrected chi connectivity index (χ3v) is 3.91. The molecule has 1 aromatic rings. The van der Waals surface area contributed by atoms with Gasteiger partial charge >= 0.3 is 0 Å². The van der Waals surface area contributed by atoms with E-state index in [1.807, 2.05) is 13.8 Å². The first kappa shape index (κ1) is 13.9. The zero-order valence-electron chi connectivity index (χ0n) is 11.2. The summed E-state index contributed by atoms with van der Waals surface area (Å²) in [4.78, 5) is 14.5. The summed E-state index contributed by atoms with van der Waals surface area (Å²) in [5.74, 6) is -1.66. The van der Waals surface area contributed by atoms with Crippen LogP contribution in [0.5, 0.6) is 0 Å². The van der Waals surface area contributed by atoms with E-state index in [1.165, 1.54) is 12.1 Å². The molecule has 4 heteroatoms. The smallest absolute Gasteiger partial charge is 0.211 e. The van der Waals surface area contributed by atoms with Crippen LogP contribution < -0.4 is 0 Å². The topological polar surface area (TPSA) is 29.4 Å². The molecule has 0 N–H and O–H groups in total. The Morgan fingerprint density at radius 3 is 2.42 bits per heavy atom. The molecule has 1 aromatic carbocycles. The minimum Gasteiger partial charge on any atom is -0.211 e. The predicted octanol–water partition coefficient (Wildman–Crippen LogP) is 4.19. The molecular weight excluding hydrogens is 248 g/mol. The molecule has 0 atom stereocenters. The molecule has 102 valence electrons. The number of hydrogen-bond acceptors (Lipinski definition) is 2. The molecule has 0 unspecified atom stereocenters. The largest absolute Gasteiger partial charge is 0.235 e. The van der Waals surface area contributed by atoms with Gasteiger partial charge in [-0.15, -0.1) is 0 Å². The standard InChI is InChI=1S/C15H17F2NO/c1-10(2)11-7-12(14(17)13(16)8-11)15(18-9-19)5-3-4-6-15/h7-8,10H,3-6H2,1-2H3. The fourth-order valence-corrected chi connectivity index (χ4v) is 2.77. The van der Waals surface area contributed by atoms with Crippen molar-refractivity contribution in [3.05, 3.63) is 34.9 Å². The van der Waals surface area contributed by atoms with Crippen LogP contribution in [0.1, 0.15) is 56.6 Å². The maximum Gasteiger partial charge on any atom is 0.235 e. The van der Waals surface area contributed by atoms with Gasteiger partial charge in [-0.3, -0.25) is 0 Å². The van der Waals surface area contributed by atoms with E-state index in [1.54, 1.807) is 6.07 Å². The third kappa shape index (κ3) is 2.45. The van der Waals surface area contributed by atoms with Gasteiger partial charge in [0.2, 0.25) is 6.08 Å².